The molecule has 3 aromatic carbocycles. The van der Waals surface area contributed by atoms with E-state index in [0.29, 0.717) is 18.4 Å². The van der Waals surface area contributed by atoms with Crippen LogP contribution in [0.4, 0.5) is 4.79 Å². The van der Waals surface area contributed by atoms with Crippen molar-refractivity contribution in [2.75, 3.05) is 7.11 Å². The van der Waals surface area contributed by atoms with E-state index < -0.39 is 23.5 Å². The molecule has 0 radical (unpaired) electrons. The van der Waals surface area contributed by atoms with Gasteiger partial charge in [-0.25, -0.2) is 4.79 Å². The molecule has 0 unspecified atom stereocenters. The number of hydrogen-bond donors (Lipinski definition) is 1. The van der Waals surface area contributed by atoms with E-state index in [0.717, 1.165) is 16.3 Å². The van der Waals surface area contributed by atoms with Crippen LogP contribution in [0.5, 0.6) is 0 Å². The highest BCUT2D eigenvalue weighted by atomic mass is 16.5. The number of hydrogen-bond acceptors (Lipinski definition) is 5. The maximum atomic E-state index is 13.1. The lowest BCUT2D eigenvalue weighted by Gasteiger charge is -2.34. The van der Waals surface area contributed by atoms with Crippen molar-refractivity contribution < 1.29 is 23.9 Å². The maximum absolute atomic E-state index is 13.1. The summed E-state index contributed by atoms with van der Waals surface area (Å²) in [5, 5.41) is 4.64. The van der Waals surface area contributed by atoms with E-state index in [1.54, 1.807) is 0 Å². The number of ether oxygens (including phenoxy) is 2. The summed E-state index contributed by atoms with van der Waals surface area (Å²) < 4.78 is 10.5. The third-order valence-corrected chi connectivity index (χ3v) is 6.12. The molecule has 0 spiro atoms. The SMILES string of the molecule is COC(=O)[C@]1([C@H](NC(=O)OCc2ccccc2)c2cccc3ccccc23)CCCC1=O. The van der Waals surface area contributed by atoms with Gasteiger partial charge in [0.25, 0.3) is 0 Å². The molecule has 1 N–H and O–H groups in total. The summed E-state index contributed by atoms with van der Waals surface area (Å²) in [7, 11) is 1.27. The minimum Gasteiger partial charge on any atom is -0.468 e. The largest absolute Gasteiger partial charge is 0.468 e. The third kappa shape index (κ3) is 3.96. The van der Waals surface area contributed by atoms with E-state index in [-0.39, 0.29) is 18.8 Å². The molecule has 1 fully saturated rings. The molecule has 0 bridgehead atoms. The number of Topliss-reactive ketones (excluding diaryl/α,β-unsaturated/α-hetero) is 1. The zero-order chi connectivity index (χ0) is 22.6. The molecule has 1 saturated carbocycles. The Morgan fingerprint density at radius 1 is 1.00 bits per heavy atom. The van der Waals surface area contributed by atoms with Crippen molar-refractivity contribution in [2.24, 2.45) is 5.41 Å². The summed E-state index contributed by atoms with van der Waals surface area (Å²) in [6, 6.07) is 21.7. The van der Waals surface area contributed by atoms with Crippen LogP contribution < -0.4 is 5.32 Å². The molecule has 164 valence electrons. The Labute approximate surface area is 186 Å². The average molecular weight is 431 g/mol. The van der Waals surface area contributed by atoms with Gasteiger partial charge >= 0.3 is 12.1 Å². The number of ketones is 1. The van der Waals surface area contributed by atoms with Gasteiger partial charge in [0, 0.05) is 6.42 Å². The van der Waals surface area contributed by atoms with Crippen LogP contribution >= 0.6 is 0 Å². The van der Waals surface area contributed by atoms with Gasteiger partial charge < -0.3 is 14.8 Å². The number of methoxy groups -OCH3 is 1. The van der Waals surface area contributed by atoms with Crippen molar-refractivity contribution in [3.05, 3.63) is 83.9 Å². The molecule has 0 aromatic heterocycles. The number of benzene rings is 3. The van der Waals surface area contributed by atoms with Crippen LogP contribution in [0.25, 0.3) is 10.8 Å². The fourth-order valence-electron chi connectivity index (χ4n) is 4.56. The molecule has 1 aliphatic carbocycles. The molecule has 6 heteroatoms. The Balaban J connectivity index is 1.73. The van der Waals surface area contributed by atoms with Gasteiger partial charge in [-0.1, -0.05) is 72.8 Å². The second-order valence-electron chi connectivity index (χ2n) is 7.95. The second-order valence-corrected chi connectivity index (χ2v) is 7.95. The number of rotatable bonds is 6. The Bertz CT molecular complexity index is 1140. The molecule has 1 aliphatic rings. The topological polar surface area (TPSA) is 81.7 Å². The van der Waals surface area contributed by atoms with E-state index in [1.165, 1.54) is 7.11 Å². The number of alkyl carbamates (subject to hydrolysis) is 1. The number of fused-ring (bicyclic) bond motifs is 1. The van der Waals surface area contributed by atoms with E-state index in [4.69, 9.17) is 9.47 Å². The van der Waals surface area contributed by atoms with Crippen molar-refractivity contribution in [3.63, 3.8) is 0 Å². The van der Waals surface area contributed by atoms with Gasteiger partial charge in [0.05, 0.1) is 13.2 Å². The standard InChI is InChI=1S/C26H25NO5/c1-31-24(29)26(16-8-15-22(26)28)23(21-14-7-12-19-11-5-6-13-20(19)21)27-25(30)32-17-18-9-3-2-4-10-18/h2-7,9-14,23H,8,15-17H2,1H3,(H,27,30)/t23-,26-/m1/s1. The van der Waals surface area contributed by atoms with Crippen LogP contribution in [0.2, 0.25) is 0 Å². The summed E-state index contributed by atoms with van der Waals surface area (Å²) >= 11 is 0. The first-order valence-corrected chi connectivity index (χ1v) is 10.6. The monoisotopic (exact) mass is 431 g/mol. The molecule has 1 amide bonds. The number of amides is 1. The molecule has 2 atom stereocenters. The highest BCUT2D eigenvalue weighted by Crippen LogP contribution is 2.47. The normalized spacial score (nSPS) is 18.8. The summed E-state index contributed by atoms with van der Waals surface area (Å²) in [5.41, 5.74) is 0.0226. The van der Waals surface area contributed by atoms with Crippen LogP contribution in [-0.2, 0) is 25.7 Å². The summed E-state index contributed by atoms with van der Waals surface area (Å²) in [6.45, 7) is 0.0775. The highest BCUT2D eigenvalue weighted by molar-refractivity contribution is 6.07. The van der Waals surface area contributed by atoms with Crippen molar-refractivity contribution >= 4 is 28.6 Å². The lowest BCUT2D eigenvalue weighted by molar-refractivity contribution is -0.158. The number of carbonyl (C=O) groups is 3. The number of esters is 1. The molecular formula is C26H25NO5. The van der Waals surface area contributed by atoms with E-state index >= 15 is 0 Å². The molecular weight excluding hydrogens is 406 g/mol. The smallest absolute Gasteiger partial charge is 0.407 e. The highest BCUT2D eigenvalue weighted by Gasteiger charge is 2.56. The minimum atomic E-state index is -1.50. The lowest BCUT2D eigenvalue weighted by atomic mass is 9.73. The minimum absolute atomic E-state index is 0.0775. The first kappa shape index (κ1) is 21.6. The first-order valence-electron chi connectivity index (χ1n) is 10.6. The van der Waals surface area contributed by atoms with Crippen LogP contribution in [0.3, 0.4) is 0 Å². The summed E-state index contributed by atoms with van der Waals surface area (Å²) in [4.78, 5) is 39.0. The Kier molecular flexibility index (Phi) is 6.21. The Morgan fingerprint density at radius 3 is 2.44 bits per heavy atom. The van der Waals surface area contributed by atoms with E-state index in [2.05, 4.69) is 5.32 Å². The maximum Gasteiger partial charge on any atom is 0.407 e. The van der Waals surface area contributed by atoms with Gasteiger partial charge in [-0.15, -0.1) is 0 Å². The third-order valence-electron chi connectivity index (χ3n) is 6.12. The fraction of sp³-hybridized carbons (Fsp3) is 0.269. The van der Waals surface area contributed by atoms with Gasteiger partial charge in [0.15, 0.2) is 11.2 Å². The van der Waals surface area contributed by atoms with Gasteiger partial charge in [-0.3, -0.25) is 9.59 Å². The van der Waals surface area contributed by atoms with Crippen LogP contribution in [0.15, 0.2) is 72.8 Å². The zero-order valence-electron chi connectivity index (χ0n) is 17.9. The number of nitrogens with one attached hydrogen (secondary N) is 1. The predicted molar refractivity (Wildman–Crippen MR) is 120 cm³/mol. The molecule has 0 saturated heterocycles. The van der Waals surface area contributed by atoms with Crippen molar-refractivity contribution in [1.82, 2.24) is 5.32 Å². The molecule has 4 rings (SSSR count). The average Bonchev–Trinajstić information content (AvgIpc) is 3.23. The predicted octanol–water partition coefficient (Wildman–Crippen LogP) is 4.72. The van der Waals surface area contributed by atoms with Crippen LogP contribution in [0.1, 0.15) is 36.4 Å². The van der Waals surface area contributed by atoms with E-state index in [1.807, 2.05) is 72.8 Å². The Hall–Kier alpha value is -3.67. The van der Waals surface area contributed by atoms with E-state index in [9.17, 15) is 14.4 Å². The van der Waals surface area contributed by atoms with Crippen LogP contribution in [-0.4, -0.2) is 25.0 Å². The molecule has 0 heterocycles. The van der Waals surface area contributed by atoms with Crippen molar-refractivity contribution in [2.45, 2.75) is 31.9 Å². The second kappa shape index (κ2) is 9.22. The van der Waals surface area contributed by atoms with Crippen molar-refractivity contribution in [3.8, 4) is 0 Å². The van der Waals surface area contributed by atoms with Gasteiger partial charge in [-0.2, -0.15) is 0 Å². The zero-order valence-corrected chi connectivity index (χ0v) is 17.9. The van der Waals surface area contributed by atoms with Gasteiger partial charge in [-0.05, 0) is 34.7 Å². The number of carbonyl (C=O) groups excluding carboxylic acids is 3. The first-order chi connectivity index (χ1) is 15.6. The summed E-state index contributed by atoms with van der Waals surface area (Å²) in [5.74, 6) is -0.869. The molecule has 0 aliphatic heterocycles. The van der Waals surface area contributed by atoms with Crippen molar-refractivity contribution in [1.29, 1.82) is 0 Å². The fourth-order valence-corrected chi connectivity index (χ4v) is 4.56. The van der Waals surface area contributed by atoms with Crippen LogP contribution in [0, 0.1) is 5.41 Å². The van der Waals surface area contributed by atoms with Gasteiger partial charge in [0.1, 0.15) is 6.61 Å². The lowest BCUT2D eigenvalue weighted by Crippen LogP contribution is -2.49. The molecule has 32 heavy (non-hydrogen) atoms. The summed E-state index contributed by atoms with van der Waals surface area (Å²) in [6.07, 6.45) is 0.410. The quantitative estimate of drug-likeness (QED) is 0.451. The Morgan fingerprint density at radius 2 is 1.72 bits per heavy atom. The molecule has 6 nitrogen and oxygen atoms in total. The van der Waals surface area contributed by atoms with Gasteiger partial charge in [0.2, 0.25) is 0 Å². The molecule has 3 aromatic rings.